The average Bonchev–Trinajstić information content (AvgIpc) is 2.85. The van der Waals surface area contributed by atoms with Gasteiger partial charge in [-0.1, -0.05) is 101 Å². The van der Waals surface area contributed by atoms with Crippen LogP contribution in [0.3, 0.4) is 0 Å². The van der Waals surface area contributed by atoms with E-state index in [-0.39, 0.29) is 11.6 Å². The lowest BCUT2D eigenvalue weighted by molar-refractivity contribution is 0.291. The van der Waals surface area contributed by atoms with Crippen LogP contribution in [0.4, 0.5) is 8.78 Å². The Morgan fingerprint density at radius 2 is 1.18 bits per heavy atom. The van der Waals surface area contributed by atoms with Gasteiger partial charge in [0.1, 0.15) is 5.82 Å². The van der Waals surface area contributed by atoms with Gasteiger partial charge in [-0.25, -0.2) is 8.78 Å². The van der Waals surface area contributed by atoms with Gasteiger partial charge in [0.25, 0.3) is 0 Å². The van der Waals surface area contributed by atoms with Crippen LogP contribution in [-0.2, 0) is 6.42 Å². The standard InChI is InChI=1S/C31H38F2O/c1-3-5-7-8-9-10-12-24-13-15-25(16-14-24)28-19-17-26(22-29(28)32)27-18-20-31(30(33)23-27)34-21-11-6-4-2/h13-20,22-23H,3-12,21H2,1-2H3. The highest BCUT2D eigenvalue weighted by atomic mass is 19.1. The summed E-state index contributed by atoms with van der Waals surface area (Å²) in [5, 5.41) is 0. The van der Waals surface area contributed by atoms with Crippen molar-refractivity contribution < 1.29 is 13.5 Å². The summed E-state index contributed by atoms with van der Waals surface area (Å²) in [5.74, 6) is -0.473. The molecule has 0 bridgehead atoms. The maximum atomic E-state index is 15.0. The average molecular weight is 465 g/mol. The predicted octanol–water partition coefficient (Wildman–Crippen LogP) is 9.77. The van der Waals surface area contributed by atoms with E-state index in [4.69, 9.17) is 4.74 Å². The quantitative estimate of drug-likeness (QED) is 0.216. The van der Waals surface area contributed by atoms with Crippen molar-refractivity contribution in [1.29, 1.82) is 0 Å². The molecular weight excluding hydrogens is 426 g/mol. The third kappa shape index (κ3) is 7.68. The van der Waals surface area contributed by atoms with Gasteiger partial charge in [-0.3, -0.25) is 0 Å². The fourth-order valence-electron chi connectivity index (χ4n) is 4.22. The Morgan fingerprint density at radius 1 is 0.588 bits per heavy atom. The van der Waals surface area contributed by atoms with Crippen LogP contribution in [0.1, 0.15) is 77.2 Å². The zero-order valence-corrected chi connectivity index (χ0v) is 20.7. The van der Waals surface area contributed by atoms with Crippen LogP contribution < -0.4 is 4.74 Å². The highest BCUT2D eigenvalue weighted by Gasteiger charge is 2.10. The molecule has 0 saturated carbocycles. The molecule has 3 heteroatoms. The lowest BCUT2D eigenvalue weighted by Crippen LogP contribution is -1.99. The number of aryl methyl sites for hydroxylation is 1. The molecule has 182 valence electrons. The van der Waals surface area contributed by atoms with Gasteiger partial charge < -0.3 is 4.74 Å². The molecule has 0 aliphatic carbocycles. The predicted molar refractivity (Wildman–Crippen MR) is 139 cm³/mol. The molecule has 0 heterocycles. The van der Waals surface area contributed by atoms with E-state index < -0.39 is 5.82 Å². The van der Waals surface area contributed by atoms with E-state index in [0.29, 0.717) is 23.3 Å². The third-order valence-electron chi connectivity index (χ3n) is 6.32. The van der Waals surface area contributed by atoms with Crippen molar-refractivity contribution in [3.63, 3.8) is 0 Å². The molecule has 0 unspecified atom stereocenters. The Bertz CT molecular complexity index is 1010. The number of halogens is 2. The molecule has 3 aromatic carbocycles. The molecule has 3 aromatic rings. The minimum Gasteiger partial charge on any atom is -0.491 e. The highest BCUT2D eigenvalue weighted by molar-refractivity contribution is 5.71. The second kappa shape index (κ2) is 13.9. The minimum atomic E-state index is -0.417. The molecule has 0 fully saturated rings. The fraction of sp³-hybridized carbons (Fsp3) is 0.419. The lowest BCUT2D eigenvalue weighted by atomic mass is 9.97. The Kier molecular flexibility index (Phi) is 10.6. The van der Waals surface area contributed by atoms with Gasteiger partial charge in [-0.15, -0.1) is 0 Å². The largest absolute Gasteiger partial charge is 0.491 e. The number of hydrogen-bond donors (Lipinski definition) is 0. The Morgan fingerprint density at radius 3 is 1.85 bits per heavy atom. The van der Waals surface area contributed by atoms with Crippen LogP contribution in [-0.4, -0.2) is 6.61 Å². The summed E-state index contributed by atoms with van der Waals surface area (Å²) >= 11 is 0. The second-order valence-corrected chi connectivity index (χ2v) is 9.11. The SMILES string of the molecule is CCCCCCCCc1ccc(-c2ccc(-c3ccc(OCCCCC)c(F)c3)cc2F)cc1. The van der Waals surface area contributed by atoms with E-state index in [1.54, 1.807) is 18.2 Å². The van der Waals surface area contributed by atoms with Crippen molar-refractivity contribution in [1.82, 2.24) is 0 Å². The first kappa shape index (κ1) is 25.9. The first-order valence-electron chi connectivity index (χ1n) is 12.9. The number of ether oxygens (including phenoxy) is 1. The number of rotatable bonds is 14. The van der Waals surface area contributed by atoms with Crippen molar-refractivity contribution in [3.05, 3.63) is 77.9 Å². The van der Waals surface area contributed by atoms with Gasteiger partial charge in [-0.2, -0.15) is 0 Å². The molecule has 1 nitrogen and oxygen atoms in total. The Labute approximate surface area is 204 Å². The first-order chi connectivity index (χ1) is 16.6. The Balaban J connectivity index is 1.61. The van der Waals surface area contributed by atoms with E-state index >= 15 is 0 Å². The van der Waals surface area contributed by atoms with Crippen LogP contribution in [0, 0.1) is 11.6 Å². The van der Waals surface area contributed by atoms with E-state index in [1.165, 1.54) is 56.2 Å². The zero-order chi connectivity index (χ0) is 24.2. The Hall–Kier alpha value is -2.68. The van der Waals surface area contributed by atoms with E-state index in [0.717, 1.165) is 31.2 Å². The van der Waals surface area contributed by atoms with Crippen LogP contribution in [0.5, 0.6) is 5.75 Å². The fourth-order valence-corrected chi connectivity index (χ4v) is 4.22. The normalized spacial score (nSPS) is 11.1. The molecule has 0 saturated heterocycles. The zero-order valence-electron chi connectivity index (χ0n) is 20.7. The van der Waals surface area contributed by atoms with Gasteiger partial charge >= 0.3 is 0 Å². The van der Waals surface area contributed by atoms with Crippen molar-refractivity contribution in [2.75, 3.05) is 6.61 Å². The van der Waals surface area contributed by atoms with E-state index in [9.17, 15) is 8.78 Å². The van der Waals surface area contributed by atoms with E-state index in [2.05, 4.69) is 26.0 Å². The van der Waals surface area contributed by atoms with Crippen molar-refractivity contribution in [2.45, 2.75) is 78.1 Å². The molecule has 0 radical (unpaired) electrons. The maximum Gasteiger partial charge on any atom is 0.165 e. The first-order valence-corrected chi connectivity index (χ1v) is 12.9. The third-order valence-corrected chi connectivity index (χ3v) is 6.32. The molecule has 0 aliphatic rings. The summed E-state index contributed by atoms with van der Waals surface area (Å²) in [7, 11) is 0. The van der Waals surface area contributed by atoms with Gasteiger partial charge in [0.2, 0.25) is 0 Å². The summed E-state index contributed by atoms with van der Waals surface area (Å²) in [5.41, 5.74) is 4.00. The van der Waals surface area contributed by atoms with Gasteiger partial charge in [0, 0.05) is 5.56 Å². The summed E-state index contributed by atoms with van der Waals surface area (Å²) in [6, 6.07) is 18.1. The molecule has 0 aromatic heterocycles. The topological polar surface area (TPSA) is 9.23 Å². The molecule has 0 N–H and O–H groups in total. The summed E-state index contributed by atoms with van der Waals surface area (Å²) in [4.78, 5) is 0. The van der Waals surface area contributed by atoms with Gasteiger partial charge in [0.05, 0.1) is 6.61 Å². The van der Waals surface area contributed by atoms with Crippen molar-refractivity contribution in [3.8, 4) is 28.0 Å². The molecule has 0 spiro atoms. The smallest absolute Gasteiger partial charge is 0.165 e. The summed E-state index contributed by atoms with van der Waals surface area (Å²) < 4.78 is 35.0. The van der Waals surface area contributed by atoms with Crippen LogP contribution >= 0.6 is 0 Å². The molecule has 3 rings (SSSR count). The minimum absolute atomic E-state index is 0.248. The van der Waals surface area contributed by atoms with Crippen molar-refractivity contribution in [2.24, 2.45) is 0 Å². The van der Waals surface area contributed by atoms with Crippen LogP contribution in [0.25, 0.3) is 22.3 Å². The van der Waals surface area contributed by atoms with E-state index in [1.807, 2.05) is 18.2 Å². The molecular formula is C31H38F2O. The number of benzene rings is 3. The second-order valence-electron chi connectivity index (χ2n) is 9.11. The summed E-state index contributed by atoms with van der Waals surface area (Å²) in [6.07, 6.45) is 11.8. The highest BCUT2D eigenvalue weighted by Crippen LogP contribution is 2.30. The van der Waals surface area contributed by atoms with Gasteiger partial charge in [-0.05, 0) is 59.7 Å². The van der Waals surface area contributed by atoms with Crippen molar-refractivity contribution >= 4 is 0 Å². The maximum absolute atomic E-state index is 15.0. The molecule has 0 atom stereocenters. The molecule has 0 aliphatic heterocycles. The number of hydrogen-bond acceptors (Lipinski definition) is 1. The van der Waals surface area contributed by atoms with Crippen LogP contribution in [0.15, 0.2) is 60.7 Å². The van der Waals surface area contributed by atoms with Crippen LogP contribution in [0.2, 0.25) is 0 Å². The molecule has 0 amide bonds. The van der Waals surface area contributed by atoms with Gasteiger partial charge in [0.15, 0.2) is 11.6 Å². The lowest BCUT2D eigenvalue weighted by Gasteiger charge is -2.10. The monoisotopic (exact) mass is 464 g/mol. The molecule has 34 heavy (non-hydrogen) atoms. The number of unbranched alkanes of at least 4 members (excludes halogenated alkanes) is 7. The summed E-state index contributed by atoms with van der Waals surface area (Å²) in [6.45, 7) is 4.86.